The highest BCUT2D eigenvalue weighted by molar-refractivity contribution is 7.01. The van der Waals surface area contributed by atoms with E-state index >= 15 is 0 Å². The molecule has 19 aromatic rings. The second-order valence-corrected chi connectivity index (χ2v) is 24.8. The second kappa shape index (κ2) is 20.4. The molecule has 0 bridgehead atoms. The van der Waals surface area contributed by atoms with E-state index < -0.39 is 90.3 Å². The lowest BCUT2D eigenvalue weighted by atomic mass is 9.33. The summed E-state index contributed by atoms with van der Waals surface area (Å²) in [6.45, 7) is -0.649. The quantitative estimate of drug-likeness (QED) is 0.142. The number of furan rings is 1. The molecule has 0 spiro atoms. The lowest BCUT2D eigenvalue weighted by Crippen LogP contribution is -2.61. The van der Waals surface area contributed by atoms with Crippen molar-refractivity contribution < 1.29 is 20.9 Å². The Labute approximate surface area is 570 Å². The lowest BCUT2D eigenvalue weighted by molar-refractivity contribution is 0.669. The summed E-state index contributed by atoms with van der Waals surface area (Å²) in [6.07, 6.45) is 0. The third-order valence-electron chi connectivity index (χ3n) is 19.9. The average molecular weight is 1230 g/mol. The van der Waals surface area contributed by atoms with Crippen molar-refractivity contribution >= 4 is 139 Å². The third-order valence-corrected chi connectivity index (χ3v) is 19.9. The predicted octanol–water partition coefficient (Wildman–Crippen LogP) is 22.3. The first-order chi connectivity index (χ1) is 52.7. The summed E-state index contributed by atoms with van der Waals surface area (Å²) in [4.78, 5) is 4.99. The Kier molecular flexibility index (Phi) is 9.04. The number of fused-ring (bicyclic) bond motifs is 18. The maximum atomic E-state index is 10.3. The van der Waals surface area contributed by atoms with Crippen LogP contribution in [0.25, 0.3) is 143 Å². The highest BCUT2D eigenvalue weighted by atomic mass is 16.3. The van der Waals surface area contributed by atoms with Gasteiger partial charge >= 0.3 is 0 Å². The molecule has 0 N–H and O–H groups in total. The van der Waals surface area contributed by atoms with Crippen LogP contribution in [0.2, 0.25) is 0 Å². The summed E-state index contributed by atoms with van der Waals surface area (Å²) in [6, 6.07) is 83.6. The zero-order valence-electron chi connectivity index (χ0n) is 63.1. The van der Waals surface area contributed by atoms with E-state index in [1.165, 1.54) is 0 Å². The normalized spacial score (nSPS) is 14.5. The molecule has 21 rings (SSSR count). The van der Waals surface area contributed by atoms with Crippen LogP contribution in [-0.2, 0) is 0 Å². The molecule has 96 heavy (non-hydrogen) atoms. The number of hydrogen-bond acceptors (Lipinski definition) is 3. The van der Waals surface area contributed by atoms with E-state index in [0.717, 1.165) is 144 Å². The molecular formula is C90H55BN4O. The molecule has 0 fully saturated rings. The van der Waals surface area contributed by atoms with Crippen molar-refractivity contribution in [1.82, 2.24) is 8.97 Å². The van der Waals surface area contributed by atoms with Gasteiger partial charge in [0.2, 0.25) is 0 Å². The van der Waals surface area contributed by atoms with Crippen LogP contribution < -0.4 is 26.2 Å². The summed E-state index contributed by atoms with van der Waals surface area (Å²) >= 11 is 0. The predicted molar refractivity (Wildman–Crippen MR) is 404 cm³/mol. The number of benzene rings is 15. The minimum absolute atomic E-state index is 0.0914. The van der Waals surface area contributed by atoms with Crippen LogP contribution in [0.5, 0.6) is 0 Å². The van der Waals surface area contributed by atoms with E-state index in [1.807, 2.05) is 66.7 Å². The van der Waals surface area contributed by atoms with E-state index in [2.05, 4.69) is 208 Å². The zero-order valence-corrected chi connectivity index (χ0v) is 51.1. The van der Waals surface area contributed by atoms with Crippen molar-refractivity contribution in [1.29, 1.82) is 0 Å². The van der Waals surface area contributed by atoms with Gasteiger partial charge in [0.25, 0.3) is 6.71 Å². The first kappa shape index (κ1) is 42.5. The van der Waals surface area contributed by atoms with Gasteiger partial charge in [-0.3, -0.25) is 0 Å². The fraction of sp³-hybridized carbons (Fsp3) is 0. The summed E-state index contributed by atoms with van der Waals surface area (Å²) in [7, 11) is 0. The third kappa shape index (κ3) is 7.46. The molecule has 0 atom stereocenters. The topological polar surface area (TPSA) is 29.0 Å². The molecule has 0 radical (unpaired) electrons. The standard InChI is InChI=1S/C90H55BN4O/c1-6-26-56(27-7-1)61-48-51-78-71(52-61)67-36-16-20-44-75(67)92(78)62-49-50-73-79(53-62)94(86-63(57-28-8-2-9-29-57)40-24-41-64(86)58-30-10-3-11-31-58)89-83-69-38-17-21-45-76(69)93-77-46-22-18-39-70(77)84(88(83)93)90-85(89)91(73)74-55-82-72(68-37-19-23-47-81(68)96-82)54-80(74)95(90)87-65(59-32-12-4-13-33-59)42-25-43-66(87)60-34-14-5-15-35-60/h1-55H/i1D,6D,7D,16D,20D,26D,27D,36D,44D,48D,51D,52D. The van der Waals surface area contributed by atoms with E-state index in [9.17, 15) is 9.60 Å². The smallest absolute Gasteiger partial charge is 0.252 e. The fourth-order valence-corrected chi connectivity index (χ4v) is 16.1. The van der Waals surface area contributed by atoms with Crippen molar-refractivity contribution in [2.75, 3.05) is 9.80 Å². The van der Waals surface area contributed by atoms with Gasteiger partial charge in [0.05, 0.1) is 66.8 Å². The molecule has 2 aliphatic heterocycles. The summed E-state index contributed by atoms with van der Waals surface area (Å²) < 4.78 is 125. The summed E-state index contributed by atoms with van der Waals surface area (Å²) in [5.74, 6) is 0. The molecule has 0 aliphatic carbocycles. The first-order valence-corrected chi connectivity index (χ1v) is 32.2. The molecule has 5 nitrogen and oxygen atoms in total. The summed E-state index contributed by atoms with van der Waals surface area (Å²) in [5.41, 5.74) is 19.1. The van der Waals surface area contributed by atoms with Gasteiger partial charge in [-0.05, 0) is 110 Å². The SMILES string of the molecule is [2H]c1c([2H])c([2H])c(-c2c([2H])c([2H])c3c(c2[2H])c2c([2H])c([2H])c([2H])c([2H])c2n3-c2ccc3c(c2)N(c2c(-c4ccccc4)cccc2-c2ccccc2)c2c4c(c5c6ccccc6n6c7ccccc7c2c56)N(c2c(-c5ccccc5)cccc2-c2ccccc2)c2cc5c(cc2B34)oc2ccccc25)c([2H])c1[2H]. The van der Waals surface area contributed by atoms with Gasteiger partial charge in [-0.1, -0.05) is 273 Å². The second-order valence-electron chi connectivity index (χ2n) is 24.8. The lowest BCUT2D eigenvalue weighted by Gasteiger charge is -2.46. The molecular weight excluding hydrogens is 1160 g/mol. The van der Waals surface area contributed by atoms with Crippen molar-refractivity contribution in [3.05, 3.63) is 333 Å². The number of nitrogens with zero attached hydrogens (tertiary/aromatic N) is 4. The molecule has 0 unspecified atom stereocenters. The van der Waals surface area contributed by atoms with Crippen LogP contribution in [0.3, 0.4) is 0 Å². The van der Waals surface area contributed by atoms with Crippen molar-refractivity contribution in [3.8, 4) is 61.3 Å². The number of aromatic nitrogens is 2. The molecule has 444 valence electrons. The Hall–Kier alpha value is -12.6. The number of anilines is 6. The van der Waals surface area contributed by atoms with E-state index in [0.29, 0.717) is 17.0 Å². The van der Waals surface area contributed by atoms with Crippen LogP contribution in [0.1, 0.15) is 16.4 Å². The Morgan fingerprint density at radius 3 is 1.40 bits per heavy atom. The fourth-order valence-electron chi connectivity index (χ4n) is 16.1. The van der Waals surface area contributed by atoms with Crippen molar-refractivity contribution in [3.63, 3.8) is 0 Å². The van der Waals surface area contributed by atoms with Gasteiger partial charge in [-0.15, -0.1) is 0 Å². The van der Waals surface area contributed by atoms with E-state index in [-0.39, 0.29) is 21.8 Å². The molecule has 15 aromatic carbocycles. The van der Waals surface area contributed by atoms with Gasteiger partial charge in [0.15, 0.2) is 0 Å². The van der Waals surface area contributed by atoms with E-state index in [4.69, 9.17) is 11.3 Å². The molecule has 2 aliphatic rings. The minimum Gasteiger partial charge on any atom is -0.456 e. The molecule has 0 amide bonds. The number of para-hydroxylation sites is 6. The summed E-state index contributed by atoms with van der Waals surface area (Å²) in [5, 5.41) is 5.59. The highest BCUT2D eigenvalue weighted by Gasteiger charge is 2.49. The van der Waals surface area contributed by atoms with E-state index in [1.54, 1.807) is 4.57 Å². The molecule has 0 saturated carbocycles. The van der Waals surface area contributed by atoms with Gasteiger partial charge in [-0.25, -0.2) is 0 Å². The Bertz CT molecular complexity index is 7020. The zero-order chi connectivity index (χ0) is 73.1. The molecule has 4 aromatic heterocycles. The van der Waals surface area contributed by atoms with Gasteiger partial charge in [-0.2, -0.15) is 0 Å². The van der Waals surface area contributed by atoms with Gasteiger partial charge in [0.1, 0.15) is 11.2 Å². The maximum Gasteiger partial charge on any atom is 0.252 e. The van der Waals surface area contributed by atoms with Crippen molar-refractivity contribution in [2.45, 2.75) is 0 Å². The molecule has 0 saturated heterocycles. The minimum atomic E-state index is -0.703. The van der Waals surface area contributed by atoms with Crippen LogP contribution in [-0.4, -0.2) is 15.7 Å². The average Bonchev–Trinajstić information content (AvgIpc) is 1.43. The van der Waals surface area contributed by atoms with Crippen LogP contribution in [0, 0.1) is 0 Å². The molecule has 6 heteroatoms. The van der Waals surface area contributed by atoms with Crippen LogP contribution >= 0.6 is 0 Å². The van der Waals surface area contributed by atoms with Gasteiger partial charge in [0, 0.05) is 82.4 Å². The van der Waals surface area contributed by atoms with Crippen LogP contribution in [0.4, 0.5) is 34.1 Å². The molecule has 6 heterocycles. The number of rotatable bonds is 8. The highest BCUT2D eigenvalue weighted by Crippen LogP contribution is 2.59. The maximum absolute atomic E-state index is 10.3. The van der Waals surface area contributed by atoms with Crippen LogP contribution in [0.15, 0.2) is 338 Å². The Balaban J connectivity index is 0.999. The largest absolute Gasteiger partial charge is 0.456 e. The Morgan fingerprint density at radius 1 is 0.312 bits per heavy atom. The Morgan fingerprint density at radius 2 is 0.812 bits per heavy atom. The van der Waals surface area contributed by atoms with Gasteiger partial charge < -0.3 is 23.2 Å². The van der Waals surface area contributed by atoms with Crippen molar-refractivity contribution in [2.24, 2.45) is 0 Å². The monoisotopic (exact) mass is 1230 g/mol. The number of hydrogen-bond donors (Lipinski definition) is 0. The first-order valence-electron chi connectivity index (χ1n) is 38.2.